The van der Waals surface area contributed by atoms with Gasteiger partial charge in [-0.3, -0.25) is 14.4 Å². The minimum Gasteiger partial charge on any atom is -0.481 e. The number of benzene rings is 3. The second kappa shape index (κ2) is 14.1. The molecule has 0 saturated carbocycles. The number of amides is 2. The Morgan fingerprint density at radius 3 is 2.47 bits per heavy atom. The van der Waals surface area contributed by atoms with E-state index in [-0.39, 0.29) is 25.3 Å². The molecule has 2 amide bonds. The van der Waals surface area contributed by atoms with E-state index in [1.165, 1.54) is 10.9 Å². The SMILES string of the molecule is O=C(O)CC(NC(=O)CNC(=O)CCCCNc1cc(Cl)ccn1)c1ccc(-c2ccc(C3CN3)c3ccccc23)cc1. The number of unbranched alkanes of at least 4 members (excludes halogenated alkanes) is 1. The zero-order valence-corrected chi connectivity index (χ0v) is 24.4. The van der Waals surface area contributed by atoms with E-state index in [4.69, 9.17) is 11.6 Å². The molecule has 3 aromatic carbocycles. The first-order valence-electron chi connectivity index (χ1n) is 14.4. The Morgan fingerprint density at radius 1 is 0.977 bits per heavy atom. The molecule has 222 valence electrons. The van der Waals surface area contributed by atoms with Crippen molar-refractivity contribution >= 4 is 46.0 Å². The number of aliphatic carboxylic acids is 1. The molecule has 0 bridgehead atoms. The summed E-state index contributed by atoms with van der Waals surface area (Å²) in [4.78, 5) is 40.7. The molecule has 43 heavy (non-hydrogen) atoms. The monoisotopic (exact) mass is 599 g/mol. The van der Waals surface area contributed by atoms with E-state index in [9.17, 15) is 19.5 Å². The lowest BCUT2D eigenvalue weighted by Gasteiger charge is -2.18. The van der Waals surface area contributed by atoms with E-state index >= 15 is 0 Å². The molecule has 2 heterocycles. The van der Waals surface area contributed by atoms with Crippen LogP contribution in [0.1, 0.15) is 48.9 Å². The molecule has 5 rings (SSSR count). The van der Waals surface area contributed by atoms with Gasteiger partial charge < -0.3 is 26.4 Å². The van der Waals surface area contributed by atoms with Crippen LogP contribution in [0.15, 0.2) is 79.0 Å². The van der Waals surface area contributed by atoms with Gasteiger partial charge in [-0.15, -0.1) is 0 Å². The van der Waals surface area contributed by atoms with Crippen molar-refractivity contribution in [2.45, 2.75) is 37.8 Å². The van der Waals surface area contributed by atoms with Gasteiger partial charge in [0.05, 0.1) is 19.0 Å². The number of hydrogen-bond acceptors (Lipinski definition) is 6. The van der Waals surface area contributed by atoms with Crippen molar-refractivity contribution < 1.29 is 19.5 Å². The summed E-state index contributed by atoms with van der Waals surface area (Å²) in [6.45, 7) is 1.39. The Labute approximate surface area is 255 Å². The molecule has 1 aliphatic rings. The number of hydrogen-bond donors (Lipinski definition) is 5. The minimum absolute atomic E-state index is 0.230. The zero-order valence-electron chi connectivity index (χ0n) is 23.6. The van der Waals surface area contributed by atoms with E-state index in [2.05, 4.69) is 50.5 Å². The molecule has 2 unspecified atom stereocenters. The fourth-order valence-corrected chi connectivity index (χ4v) is 5.28. The lowest BCUT2D eigenvalue weighted by atomic mass is 9.92. The number of halogens is 1. The van der Waals surface area contributed by atoms with Crippen LogP contribution in [0.25, 0.3) is 21.9 Å². The Kier molecular flexibility index (Phi) is 9.86. The largest absolute Gasteiger partial charge is 0.481 e. The van der Waals surface area contributed by atoms with Gasteiger partial charge in [-0.25, -0.2) is 4.98 Å². The topological polar surface area (TPSA) is 142 Å². The van der Waals surface area contributed by atoms with Crippen LogP contribution in [0, 0.1) is 0 Å². The molecule has 1 aromatic heterocycles. The van der Waals surface area contributed by atoms with Gasteiger partial charge in [-0.1, -0.05) is 72.3 Å². The number of nitrogens with one attached hydrogen (secondary N) is 4. The molecule has 10 heteroatoms. The molecule has 1 aliphatic heterocycles. The molecular weight excluding hydrogens is 566 g/mol. The molecule has 4 aromatic rings. The molecule has 0 aliphatic carbocycles. The molecule has 9 nitrogen and oxygen atoms in total. The Bertz CT molecular complexity index is 1610. The normalized spacial score (nSPS) is 14.6. The lowest BCUT2D eigenvalue weighted by Crippen LogP contribution is -2.39. The fourth-order valence-electron chi connectivity index (χ4n) is 5.12. The van der Waals surface area contributed by atoms with Gasteiger partial charge in [0, 0.05) is 36.8 Å². The van der Waals surface area contributed by atoms with Gasteiger partial charge in [0.15, 0.2) is 0 Å². The average Bonchev–Trinajstić information content (AvgIpc) is 3.85. The summed E-state index contributed by atoms with van der Waals surface area (Å²) in [6, 6.07) is 23.3. The van der Waals surface area contributed by atoms with Crippen LogP contribution < -0.4 is 21.3 Å². The van der Waals surface area contributed by atoms with Crippen molar-refractivity contribution in [3.05, 3.63) is 95.1 Å². The smallest absolute Gasteiger partial charge is 0.305 e. The molecule has 0 radical (unpaired) electrons. The summed E-state index contributed by atoms with van der Waals surface area (Å²) in [5.74, 6) is -1.05. The van der Waals surface area contributed by atoms with E-state index in [0.29, 0.717) is 35.4 Å². The highest BCUT2D eigenvalue weighted by Crippen LogP contribution is 2.36. The van der Waals surface area contributed by atoms with E-state index in [1.54, 1.807) is 18.3 Å². The highest BCUT2D eigenvalue weighted by molar-refractivity contribution is 6.30. The van der Waals surface area contributed by atoms with Crippen LogP contribution >= 0.6 is 11.6 Å². The van der Waals surface area contributed by atoms with Crippen molar-refractivity contribution in [1.29, 1.82) is 0 Å². The number of nitrogens with zero attached hydrogens (tertiary/aromatic N) is 1. The van der Waals surface area contributed by atoms with Gasteiger partial charge in [0.25, 0.3) is 0 Å². The standard InChI is InChI=1S/C33H34ClN5O4/c34-23-14-16-36-30(17-23)35-15-4-3-7-31(40)38-20-32(41)39-28(18-33(42)43)22-10-8-21(9-11-22)24-12-13-27(29-19-37-29)26-6-2-1-5-25(24)26/h1-2,5-6,8-14,16-17,28-29,37H,3-4,7,15,18-20H2,(H,35,36)(H,38,40)(H,39,41)(H,42,43). The average molecular weight is 600 g/mol. The second-order valence-electron chi connectivity index (χ2n) is 10.6. The number of carboxylic acid groups (broad SMARTS) is 1. The molecule has 5 N–H and O–H groups in total. The van der Waals surface area contributed by atoms with Crippen molar-refractivity contribution in [2.75, 3.05) is 25.0 Å². The molecule has 1 saturated heterocycles. The number of carbonyl (C=O) groups is 3. The molecule has 1 fully saturated rings. The van der Waals surface area contributed by atoms with Crippen molar-refractivity contribution in [2.24, 2.45) is 0 Å². The van der Waals surface area contributed by atoms with E-state index < -0.39 is 17.9 Å². The highest BCUT2D eigenvalue weighted by atomic mass is 35.5. The van der Waals surface area contributed by atoms with Crippen molar-refractivity contribution in [3.8, 4) is 11.1 Å². The Morgan fingerprint density at radius 2 is 1.74 bits per heavy atom. The summed E-state index contributed by atoms with van der Waals surface area (Å²) < 4.78 is 0. The van der Waals surface area contributed by atoms with Gasteiger partial charge in [0.2, 0.25) is 11.8 Å². The molecule has 2 atom stereocenters. The number of rotatable bonds is 14. The van der Waals surface area contributed by atoms with Crippen LogP contribution in [0.3, 0.4) is 0 Å². The van der Waals surface area contributed by atoms with Gasteiger partial charge in [-0.05, 0) is 58.0 Å². The number of anilines is 1. The van der Waals surface area contributed by atoms with Crippen LogP contribution in [-0.2, 0) is 14.4 Å². The third-order valence-electron chi connectivity index (χ3n) is 7.38. The van der Waals surface area contributed by atoms with Crippen LogP contribution in [0.2, 0.25) is 5.02 Å². The van der Waals surface area contributed by atoms with E-state index in [0.717, 1.165) is 29.5 Å². The van der Waals surface area contributed by atoms with Crippen LogP contribution in [-0.4, -0.2) is 47.5 Å². The Hall–Kier alpha value is -4.47. The first kappa shape index (κ1) is 30.0. The van der Waals surface area contributed by atoms with Gasteiger partial charge in [-0.2, -0.15) is 0 Å². The summed E-state index contributed by atoms with van der Waals surface area (Å²) in [5, 5.41) is 24.4. The predicted molar refractivity (Wildman–Crippen MR) is 168 cm³/mol. The second-order valence-corrected chi connectivity index (χ2v) is 11.0. The predicted octanol–water partition coefficient (Wildman–Crippen LogP) is 5.23. The third-order valence-corrected chi connectivity index (χ3v) is 7.62. The number of carboxylic acids is 1. The lowest BCUT2D eigenvalue weighted by molar-refractivity contribution is -0.138. The molecule has 0 spiro atoms. The minimum atomic E-state index is -1.03. The summed E-state index contributed by atoms with van der Waals surface area (Å²) in [6.07, 6.45) is 2.98. The summed E-state index contributed by atoms with van der Waals surface area (Å²) >= 11 is 5.94. The first-order chi connectivity index (χ1) is 20.9. The fraction of sp³-hybridized carbons (Fsp3) is 0.273. The quantitative estimate of drug-likeness (QED) is 0.0986. The summed E-state index contributed by atoms with van der Waals surface area (Å²) in [5.41, 5.74) is 4.05. The first-order valence-corrected chi connectivity index (χ1v) is 14.7. The third kappa shape index (κ3) is 8.30. The number of carbonyl (C=O) groups excluding carboxylic acids is 2. The Balaban J connectivity index is 1.13. The van der Waals surface area contributed by atoms with Gasteiger partial charge >= 0.3 is 5.97 Å². The number of fused-ring (bicyclic) bond motifs is 1. The molecular formula is C33H34ClN5O4. The maximum Gasteiger partial charge on any atom is 0.305 e. The van der Waals surface area contributed by atoms with Crippen molar-refractivity contribution in [3.63, 3.8) is 0 Å². The number of aromatic nitrogens is 1. The van der Waals surface area contributed by atoms with Crippen LogP contribution in [0.5, 0.6) is 0 Å². The summed E-state index contributed by atoms with van der Waals surface area (Å²) in [7, 11) is 0. The van der Waals surface area contributed by atoms with E-state index in [1.807, 2.05) is 36.4 Å². The van der Waals surface area contributed by atoms with Crippen LogP contribution in [0.4, 0.5) is 5.82 Å². The maximum absolute atomic E-state index is 12.6. The van der Waals surface area contributed by atoms with Crippen molar-refractivity contribution in [1.82, 2.24) is 20.9 Å². The number of pyridine rings is 1. The zero-order chi connectivity index (χ0) is 30.2. The highest BCUT2D eigenvalue weighted by Gasteiger charge is 2.25. The van der Waals surface area contributed by atoms with Gasteiger partial charge in [0.1, 0.15) is 5.82 Å². The maximum atomic E-state index is 12.6.